The second kappa shape index (κ2) is 10.3. The van der Waals surface area contributed by atoms with E-state index in [1.807, 2.05) is 30.3 Å². The summed E-state index contributed by atoms with van der Waals surface area (Å²) < 4.78 is 0. The molecule has 1 heterocycles. The van der Waals surface area contributed by atoms with E-state index in [-0.39, 0.29) is 6.04 Å². The Morgan fingerprint density at radius 2 is 1.71 bits per heavy atom. The summed E-state index contributed by atoms with van der Waals surface area (Å²) in [6.07, 6.45) is 1.43. The second-order valence-electron chi connectivity index (χ2n) is 5.08. The number of carboxylic acids is 3. The lowest BCUT2D eigenvalue weighted by Crippen LogP contribution is -2.50. The first kappa shape index (κ1) is 19.6. The van der Waals surface area contributed by atoms with Crippen LogP contribution in [0.1, 0.15) is 18.4 Å². The number of nitrogens with one attached hydrogen (secondary N) is 2. The van der Waals surface area contributed by atoms with E-state index in [1.165, 1.54) is 0 Å². The van der Waals surface area contributed by atoms with Crippen LogP contribution in [0.3, 0.4) is 0 Å². The van der Waals surface area contributed by atoms with E-state index in [0.29, 0.717) is 19.6 Å². The van der Waals surface area contributed by atoms with Crippen molar-refractivity contribution in [3.63, 3.8) is 0 Å². The fourth-order valence-corrected chi connectivity index (χ4v) is 1.98. The Hall–Kier alpha value is -2.49. The molecule has 1 saturated heterocycles. The van der Waals surface area contributed by atoms with Gasteiger partial charge in [0.25, 0.3) is 0 Å². The third kappa shape index (κ3) is 7.68. The molecule has 0 unspecified atom stereocenters. The van der Waals surface area contributed by atoms with Crippen LogP contribution in [0.15, 0.2) is 30.3 Å². The minimum atomic E-state index is -1.82. The number of carboxylic acid groups (broad SMARTS) is 3. The van der Waals surface area contributed by atoms with E-state index in [1.54, 1.807) is 0 Å². The van der Waals surface area contributed by atoms with Crippen LogP contribution in [0, 0.1) is 0 Å². The molecule has 1 aliphatic rings. The van der Waals surface area contributed by atoms with E-state index in [0.717, 1.165) is 12.0 Å². The Morgan fingerprint density at radius 3 is 2.17 bits per heavy atom. The molecule has 9 nitrogen and oxygen atoms in total. The van der Waals surface area contributed by atoms with Gasteiger partial charge in [-0.1, -0.05) is 30.3 Å². The summed E-state index contributed by atoms with van der Waals surface area (Å²) in [5.41, 5.74) is 4.08. The van der Waals surface area contributed by atoms with Crippen LogP contribution >= 0.6 is 0 Å². The van der Waals surface area contributed by atoms with Gasteiger partial charge in [-0.25, -0.2) is 9.59 Å². The third-order valence-corrected chi connectivity index (χ3v) is 3.23. The number of benzene rings is 1. The molecule has 0 radical (unpaired) electrons. The molecule has 24 heavy (non-hydrogen) atoms. The summed E-state index contributed by atoms with van der Waals surface area (Å²) in [5, 5.41) is 26.6. The molecule has 1 aliphatic heterocycles. The predicted octanol–water partition coefficient (Wildman–Crippen LogP) is 0.0686. The van der Waals surface area contributed by atoms with Crippen LogP contribution < -0.4 is 10.8 Å². The second-order valence-corrected chi connectivity index (χ2v) is 5.08. The minimum Gasteiger partial charge on any atom is -0.480 e. The van der Waals surface area contributed by atoms with Crippen molar-refractivity contribution in [1.29, 1.82) is 0 Å². The summed E-state index contributed by atoms with van der Waals surface area (Å²) in [4.78, 5) is 34.4. The first-order valence-electron chi connectivity index (χ1n) is 7.23. The average molecular weight is 340 g/mol. The fourth-order valence-electron chi connectivity index (χ4n) is 1.98. The maximum atomic E-state index is 10.7. The van der Waals surface area contributed by atoms with Crippen molar-refractivity contribution >= 4 is 17.9 Å². The number of hydrogen-bond donors (Lipinski definition) is 5. The first-order valence-corrected chi connectivity index (χ1v) is 7.23. The molecule has 1 fully saturated rings. The van der Waals surface area contributed by atoms with Gasteiger partial charge < -0.3 is 20.6 Å². The lowest BCUT2D eigenvalue weighted by Gasteiger charge is -2.27. The van der Waals surface area contributed by atoms with Crippen molar-refractivity contribution in [3.8, 4) is 0 Å². The summed E-state index contributed by atoms with van der Waals surface area (Å²) in [5.74, 6) is -4.43. The fraction of sp³-hybridized carbons (Fsp3) is 0.400. The Morgan fingerprint density at radius 1 is 1.08 bits per heavy atom. The summed E-state index contributed by atoms with van der Waals surface area (Å²) in [7, 11) is 0. The van der Waals surface area contributed by atoms with Crippen LogP contribution in [0.5, 0.6) is 0 Å². The van der Waals surface area contributed by atoms with Gasteiger partial charge in [0.1, 0.15) is 6.04 Å². The molecule has 0 bridgehead atoms. The molecular formula is C15H20N2O7. The van der Waals surface area contributed by atoms with Crippen molar-refractivity contribution in [1.82, 2.24) is 10.8 Å². The molecule has 0 saturated carbocycles. The molecule has 2 rings (SSSR count). The quantitative estimate of drug-likeness (QED) is 0.371. The molecule has 5 N–H and O–H groups in total. The lowest BCUT2D eigenvalue weighted by atomic mass is 10.0. The Labute approximate surface area is 138 Å². The SMILES string of the molecule is O=C(O)C(=O)O.O=C(O)[C@@H]1CC[C@H](NOCc2ccccc2)CN1. The Bertz CT molecular complexity index is 530. The van der Waals surface area contributed by atoms with Gasteiger partial charge in [0.15, 0.2) is 0 Å². The van der Waals surface area contributed by atoms with E-state index < -0.39 is 23.9 Å². The summed E-state index contributed by atoms with van der Waals surface area (Å²) in [6.45, 7) is 1.13. The van der Waals surface area contributed by atoms with Gasteiger partial charge >= 0.3 is 17.9 Å². The topological polar surface area (TPSA) is 145 Å². The Balaban J connectivity index is 0.000000413. The minimum absolute atomic E-state index is 0.171. The first-order chi connectivity index (χ1) is 11.4. The molecule has 2 atom stereocenters. The Kier molecular flexibility index (Phi) is 8.41. The summed E-state index contributed by atoms with van der Waals surface area (Å²) in [6, 6.07) is 9.66. The van der Waals surface area contributed by atoms with Gasteiger partial charge in [-0.2, -0.15) is 5.48 Å². The van der Waals surface area contributed by atoms with Crippen LogP contribution in [0.25, 0.3) is 0 Å². The normalized spacial score (nSPS) is 19.7. The average Bonchev–Trinajstić information content (AvgIpc) is 2.57. The number of piperidine rings is 1. The highest BCUT2D eigenvalue weighted by molar-refractivity contribution is 6.27. The van der Waals surface area contributed by atoms with Crippen LogP contribution in [0.2, 0.25) is 0 Å². The largest absolute Gasteiger partial charge is 0.480 e. The molecule has 0 amide bonds. The predicted molar refractivity (Wildman–Crippen MR) is 82.1 cm³/mol. The summed E-state index contributed by atoms with van der Waals surface area (Å²) >= 11 is 0. The van der Waals surface area contributed by atoms with Gasteiger partial charge in [0.05, 0.1) is 6.61 Å². The number of carbonyl (C=O) groups is 3. The molecule has 0 aliphatic carbocycles. The highest BCUT2D eigenvalue weighted by Gasteiger charge is 2.25. The maximum absolute atomic E-state index is 10.7. The van der Waals surface area contributed by atoms with E-state index in [2.05, 4.69) is 10.8 Å². The van der Waals surface area contributed by atoms with Crippen molar-refractivity contribution in [2.45, 2.75) is 31.5 Å². The molecule has 0 spiro atoms. The molecular weight excluding hydrogens is 320 g/mol. The van der Waals surface area contributed by atoms with Gasteiger partial charge in [-0.05, 0) is 18.4 Å². The zero-order valence-electron chi connectivity index (χ0n) is 12.8. The van der Waals surface area contributed by atoms with E-state index >= 15 is 0 Å². The van der Waals surface area contributed by atoms with E-state index in [9.17, 15) is 4.79 Å². The number of hydroxylamine groups is 1. The van der Waals surface area contributed by atoms with E-state index in [4.69, 9.17) is 29.7 Å². The van der Waals surface area contributed by atoms with Crippen molar-refractivity contribution < 1.29 is 34.5 Å². The smallest absolute Gasteiger partial charge is 0.414 e. The highest BCUT2D eigenvalue weighted by Crippen LogP contribution is 2.09. The lowest BCUT2D eigenvalue weighted by molar-refractivity contribution is -0.159. The maximum Gasteiger partial charge on any atom is 0.414 e. The number of aliphatic carboxylic acids is 3. The van der Waals surface area contributed by atoms with Crippen molar-refractivity contribution in [2.24, 2.45) is 0 Å². The number of hydrogen-bond acceptors (Lipinski definition) is 6. The van der Waals surface area contributed by atoms with Gasteiger partial charge in [-0.15, -0.1) is 0 Å². The van der Waals surface area contributed by atoms with Gasteiger partial charge in [0.2, 0.25) is 0 Å². The van der Waals surface area contributed by atoms with Gasteiger partial charge in [0, 0.05) is 12.6 Å². The van der Waals surface area contributed by atoms with Crippen LogP contribution in [-0.2, 0) is 25.8 Å². The monoisotopic (exact) mass is 340 g/mol. The number of rotatable bonds is 5. The molecule has 1 aromatic carbocycles. The van der Waals surface area contributed by atoms with Crippen molar-refractivity contribution in [3.05, 3.63) is 35.9 Å². The molecule has 132 valence electrons. The highest BCUT2D eigenvalue weighted by atomic mass is 16.6. The van der Waals surface area contributed by atoms with Crippen LogP contribution in [-0.4, -0.2) is 51.9 Å². The zero-order chi connectivity index (χ0) is 17.9. The van der Waals surface area contributed by atoms with Crippen LogP contribution in [0.4, 0.5) is 0 Å². The van der Waals surface area contributed by atoms with Gasteiger partial charge in [-0.3, -0.25) is 9.63 Å². The molecule has 1 aromatic rings. The third-order valence-electron chi connectivity index (χ3n) is 3.23. The van der Waals surface area contributed by atoms with Crippen molar-refractivity contribution in [2.75, 3.05) is 6.54 Å². The zero-order valence-corrected chi connectivity index (χ0v) is 12.8. The molecule has 0 aromatic heterocycles. The molecule has 9 heteroatoms. The standard InChI is InChI=1S/C13H18N2O3.C2H2O4/c16-13(17)12-7-6-11(8-14-12)15-18-9-10-4-2-1-3-5-10;3-1(4)2(5)6/h1-5,11-12,14-15H,6-9H2,(H,16,17);(H,3,4)(H,5,6)/t11-,12-;/m0./s1.